The van der Waals surface area contributed by atoms with Crippen LogP contribution in [0.5, 0.6) is 5.75 Å². The Morgan fingerprint density at radius 3 is 2.74 bits per heavy atom. The lowest BCUT2D eigenvalue weighted by atomic mass is 9.99. The van der Waals surface area contributed by atoms with E-state index >= 15 is 0 Å². The van der Waals surface area contributed by atoms with Crippen LogP contribution in [-0.2, 0) is 17.6 Å². The fraction of sp³-hybridized carbons (Fsp3) is 0.233. The number of carbonyl (C=O) groups excluding carboxylic acids is 1. The van der Waals surface area contributed by atoms with Gasteiger partial charge in [0.1, 0.15) is 11.4 Å². The number of rotatable bonds is 4. The Morgan fingerprint density at radius 2 is 1.87 bits per heavy atom. The van der Waals surface area contributed by atoms with Crippen molar-refractivity contribution in [2.24, 2.45) is 0 Å². The standard InChI is InChI=1S/C30H26ClN5O2/c31-21-11-20-13-27(30(37)36-9-7-32-8-10-36)38-28(20)25(14-21)24-5-6-33-29-26(24)16-23(35-29)15-22-12-18-3-1-2-4-19(18)17-34-22/h1-6,11-12,14,16-17,27,32H,7-10,13,15H2,(H,33,35)/t27-/m1/s1. The number of aromatic nitrogens is 3. The number of hydrogen-bond donors (Lipinski definition) is 2. The molecule has 0 bridgehead atoms. The van der Waals surface area contributed by atoms with Gasteiger partial charge in [0.2, 0.25) is 0 Å². The molecule has 190 valence electrons. The van der Waals surface area contributed by atoms with Crippen LogP contribution < -0.4 is 10.1 Å². The molecule has 7 rings (SSSR count). The largest absolute Gasteiger partial charge is 0.479 e. The number of benzene rings is 2. The highest BCUT2D eigenvalue weighted by atomic mass is 35.5. The van der Waals surface area contributed by atoms with Crippen molar-refractivity contribution in [3.63, 3.8) is 0 Å². The fourth-order valence-electron chi connectivity index (χ4n) is 5.58. The highest BCUT2D eigenvalue weighted by molar-refractivity contribution is 6.31. The van der Waals surface area contributed by atoms with E-state index in [9.17, 15) is 4.79 Å². The lowest BCUT2D eigenvalue weighted by Gasteiger charge is -2.29. The summed E-state index contributed by atoms with van der Waals surface area (Å²) in [6, 6.07) is 18.3. The molecule has 5 heterocycles. The Hall–Kier alpha value is -3.94. The zero-order chi connectivity index (χ0) is 25.6. The number of amides is 1. The topological polar surface area (TPSA) is 83.1 Å². The molecule has 0 radical (unpaired) electrons. The monoisotopic (exact) mass is 523 g/mol. The molecule has 0 aliphatic carbocycles. The number of ether oxygens (including phenoxy) is 1. The summed E-state index contributed by atoms with van der Waals surface area (Å²) in [5, 5.41) is 7.19. The molecule has 5 aromatic rings. The molecule has 2 aliphatic heterocycles. The third kappa shape index (κ3) is 4.18. The molecule has 1 amide bonds. The number of nitrogens with zero attached hydrogens (tertiary/aromatic N) is 3. The van der Waals surface area contributed by atoms with Crippen LogP contribution in [0.25, 0.3) is 32.9 Å². The number of hydrogen-bond acceptors (Lipinski definition) is 5. The minimum Gasteiger partial charge on any atom is -0.479 e. The van der Waals surface area contributed by atoms with E-state index in [1.807, 2.05) is 41.4 Å². The summed E-state index contributed by atoms with van der Waals surface area (Å²) in [6.45, 7) is 3.02. The van der Waals surface area contributed by atoms with E-state index in [1.54, 1.807) is 6.20 Å². The quantitative estimate of drug-likeness (QED) is 0.355. The second-order valence-corrected chi connectivity index (χ2v) is 10.4. The van der Waals surface area contributed by atoms with Crippen molar-refractivity contribution in [2.75, 3.05) is 26.2 Å². The summed E-state index contributed by atoms with van der Waals surface area (Å²) in [7, 11) is 0. The van der Waals surface area contributed by atoms with Gasteiger partial charge in [-0.15, -0.1) is 0 Å². The maximum atomic E-state index is 13.2. The summed E-state index contributed by atoms with van der Waals surface area (Å²) >= 11 is 6.57. The maximum absolute atomic E-state index is 13.2. The van der Waals surface area contributed by atoms with Crippen LogP contribution in [0.1, 0.15) is 17.0 Å². The molecule has 7 nitrogen and oxygen atoms in total. The first-order valence-electron chi connectivity index (χ1n) is 12.9. The predicted octanol–water partition coefficient (Wildman–Crippen LogP) is 4.76. The zero-order valence-corrected chi connectivity index (χ0v) is 21.5. The Bertz CT molecular complexity index is 1690. The van der Waals surface area contributed by atoms with Gasteiger partial charge < -0.3 is 19.9 Å². The Balaban J connectivity index is 1.22. The van der Waals surface area contributed by atoms with Gasteiger partial charge in [-0.05, 0) is 41.3 Å². The van der Waals surface area contributed by atoms with Gasteiger partial charge in [0.25, 0.3) is 5.91 Å². The van der Waals surface area contributed by atoms with Gasteiger partial charge in [-0.25, -0.2) is 4.98 Å². The van der Waals surface area contributed by atoms with Crippen LogP contribution in [0, 0.1) is 0 Å². The minimum atomic E-state index is -0.529. The summed E-state index contributed by atoms with van der Waals surface area (Å²) in [4.78, 5) is 27.8. The van der Waals surface area contributed by atoms with E-state index in [4.69, 9.17) is 16.3 Å². The molecule has 0 spiro atoms. The van der Waals surface area contributed by atoms with Crippen molar-refractivity contribution in [3.05, 3.63) is 89.0 Å². The Kier molecular flexibility index (Phi) is 5.75. The average Bonchev–Trinajstić information content (AvgIpc) is 3.56. The first-order valence-corrected chi connectivity index (χ1v) is 13.3. The van der Waals surface area contributed by atoms with E-state index in [0.29, 0.717) is 31.0 Å². The maximum Gasteiger partial charge on any atom is 0.264 e. The Morgan fingerprint density at radius 1 is 1.03 bits per heavy atom. The number of carbonyl (C=O) groups is 1. The number of pyridine rings is 2. The Labute approximate surface area is 224 Å². The summed E-state index contributed by atoms with van der Waals surface area (Å²) in [5.74, 6) is 0.769. The molecule has 38 heavy (non-hydrogen) atoms. The van der Waals surface area contributed by atoms with Crippen molar-refractivity contribution in [1.82, 2.24) is 25.2 Å². The van der Waals surface area contributed by atoms with E-state index in [0.717, 1.165) is 63.3 Å². The average molecular weight is 524 g/mol. The first-order chi connectivity index (χ1) is 18.6. The summed E-state index contributed by atoms with van der Waals surface area (Å²) in [6.07, 6.45) is 4.36. The normalized spacial score (nSPS) is 17.1. The summed E-state index contributed by atoms with van der Waals surface area (Å²) in [5.41, 5.74) is 5.61. The second kappa shape index (κ2) is 9.42. The van der Waals surface area contributed by atoms with E-state index in [2.05, 4.69) is 44.5 Å². The smallest absolute Gasteiger partial charge is 0.264 e. The number of halogens is 1. The molecule has 8 heteroatoms. The first kappa shape index (κ1) is 23.2. The number of fused-ring (bicyclic) bond motifs is 3. The van der Waals surface area contributed by atoms with Crippen LogP contribution >= 0.6 is 11.6 Å². The molecule has 2 aromatic carbocycles. The fourth-order valence-corrected chi connectivity index (χ4v) is 5.82. The third-order valence-electron chi connectivity index (χ3n) is 7.44. The molecular weight excluding hydrogens is 498 g/mol. The van der Waals surface area contributed by atoms with Gasteiger partial charge in [-0.2, -0.15) is 0 Å². The lowest BCUT2D eigenvalue weighted by Crippen LogP contribution is -2.50. The number of H-pyrrole nitrogens is 1. The lowest BCUT2D eigenvalue weighted by molar-refractivity contribution is -0.138. The van der Waals surface area contributed by atoms with Gasteiger partial charge in [-0.3, -0.25) is 9.78 Å². The molecule has 3 aromatic heterocycles. The summed E-state index contributed by atoms with van der Waals surface area (Å²) < 4.78 is 6.34. The van der Waals surface area contributed by atoms with Gasteiger partial charge in [0, 0.05) is 89.7 Å². The van der Waals surface area contributed by atoms with Crippen LogP contribution in [0.4, 0.5) is 0 Å². The number of piperazine rings is 1. The van der Waals surface area contributed by atoms with Gasteiger partial charge in [0.05, 0.1) is 0 Å². The second-order valence-electron chi connectivity index (χ2n) is 9.94. The highest BCUT2D eigenvalue weighted by Crippen LogP contribution is 2.43. The van der Waals surface area contributed by atoms with Crippen molar-refractivity contribution in [2.45, 2.75) is 18.9 Å². The van der Waals surface area contributed by atoms with Gasteiger partial charge in [-0.1, -0.05) is 35.9 Å². The van der Waals surface area contributed by atoms with Crippen molar-refractivity contribution in [1.29, 1.82) is 0 Å². The predicted molar refractivity (Wildman–Crippen MR) is 149 cm³/mol. The SMILES string of the molecule is O=C([C@H]1Cc2cc(Cl)cc(-c3ccnc4[nH]c(Cc5cc6ccccc6cn5)cc34)c2O1)N1CCNCC1. The van der Waals surface area contributed by atoms with Gasteiger partial charge in [0.15, 0.2) is 6.10 Å². The molecule has 1 atom stereocenters. The van der Waals surface area contributed by atoms with Crippen molar-refractivity contribution in [3.8, 4) is 16.9 Å². The highest BCUT2D eigenvalue weighted by Gasteiger charge is 2.35. The van der Waals surface area contributed by atoms with Crippen LogP contribution in [0.15, 0.2) is 67.0 Å². The van der Waals surface area contributed by atoms with E-state index in [-0.39, 0.29) is 5.91 Å². The van der Waals surface area contributed by atoms with Crippen molar-refractivity contribution < 1.29 is 9.53 Å². The van der Waals surface area contributed by atoms with E-state index in [1.165, 1.54) is 5.39 Å². The minimum absolute atomic E-state index is 0.0384. The number of aromatic amines is 1. The molecule has 1 fully saturated rings. The van der Waals surface area contributed by atoms with Crippen LogP contribution in [-0.4, -0.2) is 58.0 Å². The van der Waals surface area contributed by atoms with Crippen LogP contribution in [0.3, 0.4) is 0 Å². The molecular formula is C30H26ClN5O2. The van der Waals surface area contributed by atoms with E-state index < -0.39 is 6.10 Å². The molecule has 2 N–H and O–H groups in total. The van der Waals surface area contributed by atoms with Crippen molar-refractivity contribution >= 4 is 39.3 Å². The number of nitrogens with one attached hydrogen (secondary N) is 2. The molecule has 0 unspecified atom stereocenters. The molecule has 0 saturated carbocycles. The van der Waals surface area contributed by atoms with Crippen LogP contribution in [0.2, 0.25) is 5.02 Å². The molecule has 2 aliphatic rings. The zero-order valence-electron chi connectivity index (χ0n) is 20.7. The third-order valence-corrected chi connectivity index (χ3v) is 7.66. The molecule has 1 saturated heterocycles. The van der Waals surface area contributed by atoms with Gasteiger partial charge >= 0.3 is 0 Å².